The fourth-order valence-corrected chi connectivity index (χ4v) is 7.18. The van der Waals surface area contributed by atoms with Crippen LogP contribution in [0.3, 0.4) is 0 Å². The number of allylic oxidation sites excluding steroid dienone is 10. The summed E-state index contributed by atoms with van der Waals surface area (Å²) in [4.78, 5) is 35.1. The molecule has 0 aromatic rings. The van der Waals surface area contributed by atoms with Crippen LogP contribution in [0.2, 0.25) is 0 Å². The van der Waals surface area contributed by atoms with E-state index in [-0.39, 0.29) is 19.4 Å². The number of ether oxygens (including phenoxy) is 2. The van der Waals surface area contributed by atoms with E-state index in [1.54, 1.807) is 0 Å². The summed E-state index contributed by atoms with van der Waals surface area (Å²) in [6, 6.07) is 0. The van der Waals surface area contributed by atoms with Crippen LogP contribution in [0.25, 0.3) is 0 Å². The molecule has 0 amide bonds. The normalized spacial score (nSPS) is 14.2. The van der Waals surface area contributed by atoms with E-state index in [4.69, 9.17) is 23.6 Å². The van der Waals surface area contributed by atoms with Crippen LogP contribution in [0.5, 0.6) is 0 Å². The number of unbranched alkanes of at least 4 members (excludes halogenated alkanes) is 21. The average molecular weight is 881 g/mol. The molecule has 0 fully saturated rings. The van der Waals surface area contributed by atoms with Crippen LogP contribution >= 0.6 is 7.82 Å². The summed E-state index contributed by atoms with van der Waals surface area (Å²) in [5.41, 5.74) is 0. The highest BCUT2D eigenvalue weighted by molar-refractivity contribution is 7.47. The van der Waals surface area contributed by atoms with Gasteiger partial charge in [0.1, 0.15) is 12.7 Å². The van der Waals surface area contributed by atoms with Gasteiger partial charge in [0.05, 0.1) is 19.8 Å². The van der Waals surface area contributed by atoms with Gasteiger partial charge in [-0.05, 0) is 77.0 Å². The fraction of sp³-hybridized carbons (Fsp3) is 0.760. The Kier molecular flexibility index (Phi) is 43.9. The molecule has 0 rings (SSSR count). The quantitative estimate of drug-likeness (QED) is 0.0233. The van der Waals surface area contributed by atoms with Gasteiger partial charge in [-0.2, -0.15) is 0 Å². The molecule has 10 nitrogen and oxygen atoms in total. The smallest absolute Gasteiger partial charge is 0.462 e. The van der Waals surface area contributed by atoms with Crippen molar-refractivity contribution in [3.63, 3.8) is 0 Å². The zero-order valence-corrected chi connectivity index (χ0v) is 39.5. The van der Waals surface area contributed by atoms with Crippen LogP contribution in [-0.4, -0.2) is 65.7 Å². The number of carbonyl (C=O) groups is 2. The van der Waals surface area contributed by atoms with Gasteiger partial charge in [0.15, 0.2) is 6.10 Å². The van der Waals surface area contributed by atoms with E-state index in [1.165, 1.54) is 103 Å². The molecule has 0 radical (unpaired) electrons. The van der Waals surface area contributed by atoms with E-state index in [9.17, 15) is 24.2 Å². The van der Waals surface area contributed by atoms with Crippen molar-refractivity contribution < 1.29 is 47.8 Å². The standard InChI is InChI=1S/C50H89O10P/c1-3-5-7-9-11-13-15-17-19-21-22-23-24-26-28-30-32-34-36-38-40-42-50(54)60-48(46-59-61(55,56)58-44-47(52)43-51)45-57-49(53)41-39-37-35-33-31-29-27-25-20-18-16-14-12-10-8-6-4-2/h8,10,14,16-17,19-20,25,29,31,47-48,51-52H,3-7,9,11-13,15,18,21-24,26-28,30,32-46H2,1-2H3,(H,55,56)/b10-8+,16-14+,19-17+,25-20+,31-29+/t47-,48+/m0/s1. The number of aliphatic hydroxyl groups is 2. The SMILES string of the molecule is CCC/C=C/C/C=C/C/C=C/C/C=C/CCCCCC(=O)OC[C@H](COP(=O)(O)OC[C@@H](O)CO)OC(=O)CCCCCCCCCCCCC/C=C/CCCCCCCC. The molecule has 0 heterocycles. The summed E-state index contributed by atoms with van der Waals surface area (Å²) in [5, 5.41) is 18.4. The maximum absolute atomic E-state index is 12.7. The third-order valence-corrected chi connectivity index (χ3v) is 11.1. The van der Waals surface area contributed by atoms with Crippen LogP contribution in [0.15, 0.2) is 60.8 Å². The predicted octanol–water partition coefficient (Wildman–Crippen LogP) is 13.5. The number of phosphoric acid groups is 1. The van der Waals surface area contributed by atoms with Crippen molar-refractivity contribution in [3.05, 3.63) is 60.8 Å². The van der Waals surface area contributed by atoms with E-state index in [0.29, 0.717) is 12.8 Å². The second kappa shape index (κ2) is 45.7. The Balaban J connectivity index is 4.26. The molecule has 0 aliphatic rings. The lowest BCUT2D eigenvalue weighted by molar-refractivity contribution is -0.161. The summed E-state index contributed by atoms with van der Waals surface area (Å²) in [5.74, 6) is -0.961. The molecule has 0 spiro atoms. The van der Waals surface area contributed by atoms with E-state index >= 15 is 0 Å². The summed E-state index contributed by atoms with van der Waals surface area (Å²) in [6.45, 7) is 2.29. The molecule has 0 saturated carbocycles. The number of aliphatic hydroxyl groups excluding tert-OH is 2. The van der Waals surface area contributed by atoms with Gasteiger partial charge in [-0.3, -0.25) is 18.6 Å². The van der Waals surface area contributed by atoms with Gasteiger partial charge in [-0.1, -0.05) is 177 Å². The van der Waals surface area contributed by atoms with Gasteiger partial charge in [-0.25, -0.2) is 4.57 Å². The van der Waals surface area contributed by atoms with Gasteiger partial charge < -0.3 is 24.6 Å². The van der Waals surface area contributed by atoms with E-state index in [2.05, 4.69) is 74.6 Å². The first-order valence-corrected chi connectivity index (χ1v) is 25.7. The Morgan fingerprint density at radius 2 is 0.885 bits per heavy atom. The summed E-state index contributed by atoms with van der Waals surface area (Å²) >= 11 is 0. The van der Waals surface area contributed by atoms with Gasteiger partial charge in [0.25, 0.3) is 0 Å². The van der Waals surface area contributed by atoms with Gasteiger partial charge in [0, 0.05) is 12.8 Å². The molecular formula is C50H89O10P. The number of hydrogen-bond acceptors (Lipinski definition) is 9. The van der Waals surface area contributed by atoms with E-state index < -0.39 is 51.8 Å². The highest BCUT2D eigenvalue weighted by Crippen LogP contribution is 2.43. The minimum absolute atomic E-state index is 0.175. The highest BCUT2D eigenvalue weighted by Gasteiger charge is 2.27. The third-order valence-electron chi connectivity index (χ3n) is 10.1. The Labute approximate surface area is 372 Å². The highest BCUT2D eigenvalue weighted by atomic mass is 31.2. The van der Waals surface area contributed by atoms with Crippen LogP contribution in [0, 0.1) is 0 Å². The maximum atomic E-state index is 12.7. The Morgan fingerprint density at radius 1 is 0.492 bits per heavy atom. The predicted molar refractivity (Wildman–Crippen MR) is 251 cm³/mol. The van der Waals surface area contributed by atoms with E-state index in [0.717, 1.165) is 64.2 Å². The van der Waals surface area contributed by atoms with Crippen LogP contribution in [0.4, 0.5) is 0 Å². The first-order valence-electron chi connectivity index (χ1n) is 24.2. The molecule has 61 heavy (non-hydrogen) atoms. The monoisotopic (exact) mass is 881 g/mol. The molecule has 0 aliphatic carbocycles. The molecule has 3 atom stereocenters. The molecular weight excluding hydrogens is 792 g/mol. The average Bonchev–Trinajstić information content (AvgIpc) is 3.25. The largest absolute Gasteiger partial charge is 0.472 e. The lowest BCUT2D eigenvalue weighted by Crippen LogP contribution is -2.29. The first-order chi connectivity index (χ1) is 29.7. The molecule has 3 N–H and O–H groups in total. The number of rotatable bonds is 45. The van der Waals surface area contributed by atoms with Crippen LogP contribution in [0.1, 0.15) is 206 Å². The second-order valence-corrected chi connectivity index (χ2v) is 17.6. The minimum Gasteiger partial charge on any atom is -0.462 e. The van der Waals surface area contributed by atoms with Crippen molar-refractivity contribution in [3.8, 4) is 0 Å². The molecule has 354 valence electrons. The molecule has 0 aliphatic heterocycles. The number of hydrogen-bond donors (Lipinski definition) is 3. The van der Waals surface area contributed by atoms with Crippen molar-refractivity contribution in [1.29, 1.82) is 0 Å². The first kappa shape index (κ1) is 58.7. The lowest BCUT2D eigenvalue weighted by Gasteiger charge is -2.20. The zero-order chi connectivity index (χ0) is 44.8. The van der Waals surface area contributed by atoms with Crippen LogP contribution < -0.4 is 0 Å². The van der Waals surface area contributed by atoms with Crippen molar-refractivity contribution >= 4 is 19.8 Å². The summed E-state index contributed by atoms with van der Waals surface area (Å²) in [6.07, 6.45) is 51.8. The summed E-state index contributed by atoms with van der Waals surface area (Å²) < 4.78 is 32.8. The Hall–Kier alpha value is -2.33. The Morgan fingerprint density at radius 3 is 1.38 bits per heavy atom. The zero-order valence-electron chi connectivity index (χ0n) is 38.6. The molecule has 0 aromatic carbocycles. The molecule has 11 heteroatoms. The minimum atomic E-state index is -4.63. The molecule has 0 saturated heterocycles. The van der Waals surface area contributed by atoms with E-state index in [1.807, 2.05) is 0 Å². The van der Waals surface area contributed by atoms with Gasteiger partial charge >= 0.3 is 19.8 Å². The second-order valence-electron chi connectivity index (χ2n) is 16.1. The van der Waals surface area contributed by atoms with Crippen molar-refractivity contribution in [2.75, 3.05) is 26.4 Å². The van der Waals surface area contributed by atoms with Crippen molar-refractivity contribution in [1.82, 2.24) is 0 Å². The number of carbonyl (C=O) groups excluding carboxylic acids is 2. The van der Waals surface area contributed by atoms with Crippen molar-refractivity contribution in [2.45, 2.75) is 219 Å². The maximum Gasteiger partial charge on any atom is 0.472 e. The Bertz CT molecular complexity index is 1200. The number of phosphoric ester groups is 1. The lowest BCUT2D eigenvalue weighted by atomic mass is 10.0. The van der Waals surface area contributed by atoms with Gasteiger partial charge in [-0.15, -0.1) is 0 Å². The number of esters is 2. The summed E-state index contributed by atoms with van der Waals surface area (Å²) in [7, 11) is -4.63. The molecule has 0 bridgehead atoms. The van der Waals surface area contributed by atoms with Crippen molar-refractivity contribution in [2.24, 2.45) is 0 Å². The molecule has 1 unspecified atom stereocenters. The molecule has 0 aromatic heterocycles. The third kappa shape index (κ3) is 45.5. The topological polar surface area (TPSA) is 149 Å². The van der Waals surface area contributed by atoms with Crippen LogP contribution in [-0.2, 0) is 32.7 Å². The van der Waals surface area contributed by atoms with Gasteiger partial charge in [0.2, 0.25) is 0 Å². The fourth-order valence-electron chi connectivity index (χ4n) is 6.39.